The Labute approximate surface area is 178 Å². The zero-order chi connectivity index (χ0) is 22.5. The number of hydrogen-bond acceptors (Lipinski definition) is 4. The van der Waals surface area contributed by atoms with E-state index in [1.807, 2.05) is 44.2 Å². The van der Waals surface area contributed by atoms with Crippen molar-refractivity contribution in [1.82, 2.24) is 10.2 Å². The summed E-state index contributed by atoms with van der Waals surface area (Å²) in [5.74, 6) is -1.14. The van der Waals surface area contributed by atoms with Crippen molar-refractivity contribution < 1.29 is 24.2 Å². The Kier molecular flexibility index (Phi) is 7.50. The van der Waals surface area contributed by atoms with Gasteiger partial charge < -0.3 is 20.1 Å². The van der Waals surface area contributed by atoms with Gasteiger partial charge in [0.25, 0.3) is 0 Å². The normalized spacial score (nSPS) is 18.2. The molecule has 0 aliphatic carbocycles. The lowest BCUT2D eigenvalue weighted by Crippen LogP contribution is -2.56. The van der Waals surface area contributed by atoms with Gasteiger partial charge in [-0.05, 0) is 45.1 Å². The maximum absolute atomic E-state index is 13.2. The monoisotopic (exact) mass is 418 g/mol. The van der Waals surface area contributed by atoms with E-state index in [9.17, 15) is 19.5 Å². The second kappa shape index (κ2) is 9.49. The molecule has 0 aromatic heterocycles. The number of ether oxygens (including phenoxy) is 1. The van der Waals surface area contributed by atoms with Crippen molar-refractivity contribution in [2.45, 2.75) is 70.9 Å². The highest BCUT2D eigenvalue weighted by Crippen LogP contribution is 2.36. The quantitative estimate of drug-likeness (QED) is 0.736. The predicted octanol–water partition coefficient (Wildman–Crippen LogP) is 3.57. The molecule has 1 heterocycles. The smallest absolute Gasteiger partial charge is 0.408 e. The number of nitrogens with one attached hydrogen (secondary N) is 1. The Morgan fingerprint density at radius 3 is 2.20 bits per heavy atom. The average molecular weight is 419 g/mol. The number of carbonyl (C=O) groups is 3. The lowest BCUT2D eigenvalue weighted by atomic mass is 9.72. The van der Waals surface area contributed by atoms with E-state index < -0.39 is 29.1 Å². The van der Waals surface area contributed by atoms with Gasteiger partial charge >= 0.3 is 12.1 Å². The third kappa shape index (κ3) is 5.52. The summed E-state index contributed by atoms with van der Waals surface area (Å²) in [6.07, 6.45) is 0.751. The number of carbonyl (C=O) groups excluding carboxylic acids is 2. The van der Waals surface area contributed by atoms with E-state index in [2.05, 4.69) is 5.32 Å². The molecule has 7 nitrogen and oxygen atoms in total. The summed E-state index contributed by atoms with van der Waals surface area (Å²) < 4.78 is 5.32. The van der Waals surface area contributed by atoms with Crippen LogP contribution in [-0.4, -0.2) is 52.7 Å². The Morgan fingerprint density at radius 1 is 1.17 bits per heavy atom. The highest BCUT2D eigenvalue weighted by atomic mass is 16.6. The van der Waals surface area contributed by atoms with Crippen LogP contribution in [0.5, 0.6) is 0 Å². The SMILES string of the molecule is CCC(C)C(NC(=O)OC(C)(C)C)C(=O)N1CCC(C(=O)O)(c2ccccc2)CC1. The molecule has 2 atom stereocenters. The van der Waals surface area contributed by atoms with Gasteiger partial charge in [-0.3, -0.25) is 9.59 Å². The van der Waals surface area contributed by atoms with E-state index >= 15 is 0 Å². The molecule has 0 saturated carbocycles. The van der Waals surface area contributed by atoms with Crippen molar-refractivity contribution in [2.75, 3.05) is 13.1 Å². The maximum atomic E-state index is 13.2. The summed E-state index contributed by atoms with van der Waals surface area (Å²) >= 11 is 0. The molecule has 166 valence electrons. The molecule has 1 aromatic rings. The second-order valence-electron chi connectivity index (χ2n) is 9.09. The van der Waals surface area contributed by atoms with Gasteiger partial charge in [0, 0.05) is 13.1 Å². The van der Waals surface area contributed by atoms with Crippen LogP contribution in [0.25, 0.3) is 0 Å². The number of aliphatic carboxylic acids is 1. The van der Waals surface area contributed by atoms with Gasteiger partial charge in [-0.25, -0.2) is 4.79 Å². The minimum absolute atomic E-state index is 0.0784. The fraction of sp³-hybridized carbons (Fsp3) is 0.609. The molecule has 1 saturated heterocycles. The number of benzene rings is 1. The molecule has 0 radical (unpaired) electrons. The number of amides is 2. The fourth-order valence-electron chi connectivity index (χ4n) is 3.81. The molecule has 0 spiro atoms. The first-order chi connectivity index (χ1) is 14.0. The lowest BCUT2D eigenvalue weighted by Gasteiger charge is -2.41. The predicted molar refractivity (Wildman–Crippen MR) is 114 cm³/mol. The summed E-state index contributed by atoms with van der Waals surface area (Å²) in [5, 5.41) is 12.7. The van der Waals surface area contributed by atoms with E-state index in [0.717, 1.165) is 5.56 Å². The van der Waals surface area contributed by atoms with Crippen molar-refractivity contribution in [3.63, 3.8) is 0 Å². The maximum Gasteiger partial charge on any atom is 0.408 e. The van der Waals surface area contributed by atoms with E-state index in [1.54, 1.807) is 25.7 Å². The van der Waals surface area contributed by atoms with Crippen molar-refractivity contribution in [3.8, 4) is 0 Å². The zero-order valence-corrected chi connectivity index (χ0v) is 18.6. The van der Waals surface area contributed by atoms with Gasteiger partial charge in [0.1, 0.15) is 11.6 Å². The Bertz CT molecular complexity index is 749. The molecule has 0 bridgehead atoms. The van der Waals surface area contributed by atoms with Crippen molar-refractivity contribution in [1.29, 1.82) is 0 Å². The number of carboxylic acid groups (broad SMARTS) is 1. The van der Waals surface area contributed by atoms with E-state index in [4.69, 9.17) is 4.74 Å². The van der Waals surface area contributed by atoms with Crippen LogP contribution in [0.2, 0.25) is 0 Å². The van der Waals surface area contributed by atoms with Gasteiger partial charge in [-0.15, -0.1) is 0 Å². The van der Waals surface area contributed by atoms with Crippen molar-refractivity contribution in [2.24, 2.45) is 5.92 Å². The summed E-state index contributed by atoms with van der Waals surface area (Å²) in [4.78, 5) is 39.3. The van der Waals surface area contributed by atoms with Crippen LogP contribution in [0.3, 0.4) is 0 Å². The Morgan fingerprint density at radius 2 is 1.73 bits per heavy atom. The molecular weight excluding hydrogens is 384 g/mol. The molecule has 30 heavy (non-hydrogen) atoms. The highest BCUT2D eigenvalue weighted by molar-refractivity contribution is 5.87. The van der Waals surface area contributed by atoms with Crippen molar-refractivity contribution >= 4 is 18.0 Å². The van der Waals surface area contributed by atoms with Crippen LogP contribution in [0.15, 0.2) is 30.3 Å². The molecular formula is C23H34N2O5. The van der Waals surface area contributed by atoms with Gasteiger partial charge in [0.15, 0.2) is 0 Å². The number of hydrogen-bond donors (Lipinski definition) is 2. The van der Waals surface area contributed by atoms with Crippen LogP contribution in [-0.2, 0) is 19.7 Å². The minimum atomic E-state index is -0.998. The fourth-order valence-corrected chi connectivity index (χ4v) is 3.81. The Hall–Kier alpha value is -2.57. The van der Waals surface area contributed by atoms with E-state index in [1.165, 1.54) is 0 Å². The van der Waals surface area contributed by atoms with Crippen LogP contribution < -0.4 is 5.32 Å². The van der Waals surface area contributed by atoms with Crippen LogP contribution in [0.1, 0.15) is 59.4 Å². The van der Waals surface area contributed by atoms with Crippen LogP contribution in [0.4, 0.5) is 4.79 Å². The zero-order valence-electron chi connectivity index (χ0n) is 18.6. The largest absolute Gasteiger partial charge is 0.481 e. The van der Waals surface area contributed by atoms with Gasteiger partial charge in [0.05, 0.1) is 5.41 Å². The average Bonchev–Trinajstić information content (AvgIpc) is 2.70. The van der Waals surface area contributed by atoms with Gasteiger partial charge in [-0.2, -0.15) is 0 Å². The van der Waals surface area contributed by atoms with Gasteiger partial charge in [0.2, 0.25) is 5.91 Å². The minimum Gasteiger partial charge on any atom is -0.481 e. The summed E-state index contributed by atoms with van der Waals surface area (Å²) in [5.41, 5.74) is -0.896. The Balaban J connectivity index is 2.13. The molecule has 1 fully saturated rings. The summed E-state index contributed by atoms with van der Waals surface area (Å²) in [6.45, 7) is 9.83. The number of carboxylic acids is 1. The first-order valence-corrected chi connectivity index (χ1v) is 10.6. The number of nitrogens with zero attached hydrogens (tertiary/aromatic N) is 1. The molecule has 7 heteroatoms. The second-order valence-corrected chi connectivity index (χ2v) is 9.09. The number of alkyl carbamates (subject to hydrolysis) is 1. The first kappa shape index (κ1) is 23.7. The lowest BCUT2D eigenvalue weighted by molar-refractivity contribution is -0.149. The summed E-state index contributed by atoms with van der Waals surface area (Å²) in [6, 6.07) is 8.48. The highest BCUT2D eigenvalue weighted by Gasteiger charge is 2.45. The standard InChI is InChI=1S/C23H34N2O5/c1-6-16(2)18(24-21(29)30-22(3,4)5)19(26)25-14-12-23(13-15-25,20(27)28)17-10-8-7-9-11-17/h7-11,16,18H,6,12-15H2,1-5H3,(H,24,29)(H,27,28). The van der Waals surface area contributed by atoms with Gasteiger partial charge in [-0.1, -0.05) is 50.6 Å². The first-order valence-electron chi connectivity index (χ1n) is 10.6. The third-order valence-corrected chi connectivity index (χ3v) is 5.82. The molecule has 1 aromatic carbocycles. The van der Waals surface area contributed by atoms with E-state index in [0.29, 0.717) is 32.4 Å². The topological polar surface area (TPSA) is 95.9 Å². The number of piperidine rings is 1. The molecule has 2 unspecified atom stereocenters. The number of likely N-dealkylation sites (tertiary alicyclic amines) is 1. The third-order valence-electron chi connectivity index (χ3n) is 5.82. The summed E-state index contributed by atoms with van der Waals surface area (Å²) in [7, 11) is 0. The molecule has 2 amide bonds. The van der Waals surface area contributed by atoms with Crippen LogP contribution in [0, 0.1) is 5.92 Å². The molecule has 2 N–H and O–H groups in total. The number of rotatable bonds is 6. The van der Waals surface area contributed by atoms with Crippen LogP contribution >= 0.6 is 0 Å². The van der Waals surface area contributed by atoms with E-state index in [-0.39, 0.29) is 11.8 Å². The molecule has 1 aliphatic rings. The molecule has 1 aliphatic heterocycles. The molecule has 2 rings (SSSR count). The van der Waals surface area contributed by atoms with Crippen molar-refractivity contribution in [3.05, 3.63) is 35.9 Å².